The molecule has 0 radical (unpaired) electrons. The molecule has 1 aliphatic heterocycles. The molecule has 2 aliphatic rings. The molecule has 1 aromatic heterocycles. The van der Waals surface area contributed by atoms with Gasteiger partial charge in [0.15, 0.2) is 23.4 Å². The number of carbonyl (C=O) groups excluding carboxylic acids is 1. The van der Waals surface area contributed by atoms with Crippen molar-refractivity contribution in [2.75, 3.05) is 13.2 Å². The van der Waals surface area contributed by atoms with Crippen molar-refractivity contribution in [2.24, 2.45) is 5.92 Å². The van der Waals surface area contributed by atoms with Gasteiger partial charge >= 0.3 is 5.63 Å². The van der Waals surface area contributed by atoms with E-state index in [1.165, 1.54) is 0 Å². The topological polar surface area (TPSA) is 69.0 Å². The van der Waals surface area contributed by atoms with Crippen molar-refractivity contribution in [3.63, 3.8) is 0 Å². The van der Waals surface area contributed by atoms with Crippen molar-refractivity contribution >= 4 is 5.91 Å². The first-order chi connectivity index (χ1) is 13.4. The van der Waals surface area contributed by atoms with Crippen molar-refractivity contribution in [1.29, 1.82) is 0 Å². The average Bonchev–Trinajstić information content (AvgIpc) is 3.50. The Morgan fingerprint density at radius 2 is 1.93 bits per heavy atom. The number of hydrogen-bond donors (Lipinski definition) is 0. The summed E-state index contributed by atoms with van der Waals surface area (Å²) in [7, 11) is 0. The first-order valence-electron chi connectivity index (χ1n) is 9.78. The van der Waals surface area contributed by atoms with Gasteiger partial charge in [0.1, 0.15) is 12.2 Å². The van der Waals surface area contributed by atoms with Crippen LogP contribution in [0.5, 0.6) is 11.5 Å². The minimum Gasteiger partial charge on any atom is -0.485 e. The summed E-state index contributed by atoms with van der Waals surface area (Å²) in [4.78, 5) is 27.6. The zero-order chi connectivity index (χ0) is 19.8. The average molecular weight is 383 g/mol. The number of rotatable bonds is 5. The summed E-state index contributed by atoms with van der Waals surface area (Å²) in [6.07, 6.45) is 1.46. The molecule has 1 fully saturated rings. The van der Waals surface area contributed by atoms with Gasteiger partial charge in [0.2, 0.25) is 0 Å². The smallest absolute Gasteiger partial charge is 0.349 e. The molecule has 28 heavy (non-hydrogen) atoms. The molecule has 1 aliphatic carbocycles. The maximum Gasteiger partial charge on any atom is 0.349 e. The Morgan fingerprint density at radius 1 is 1.21 bits per heavy atom. The van der Waals surface area contributed by atoms with Crippen LogP contribution in [0.2, 0.25) is 0 Å². The lowest BCUT2D eigenvalue weighted by atomic mass is 10.1. The lowest BCUT2D eigenvalue weighted by molar-refractivity contribution is 0.0684. The number of fused-ring (bicyclic) bond motifs is 1. The number of hydrogen-bond acceptors (Lipinski definition) is 5. The van der Waals surface area contributed by atoms with Gasteiger partial charge in [-0.1, -0.05) is 26.0 Å². The van der Waals surface area contributed by atoms with Crippen molar-refractivity contribution in [3.05, 3.63) is 57.6 Å². The van der Waals surface area contributed by atoms with E-state index in [1.807, 2.05) is 29.2 Å². The first-order valence-corrected chi connectivity index (χ1v) is 9.78. The fourth-order valence-electron chi connectivity index (χ4n) is 3.53. The molecule has 4 rings (SSSR count). The largest absolute Gasteiger partial charge is 0.485 e. The van der Waals surface area contributed by atoms with Crippen molar-refractivity contribution in [2.45, 2.75) is 45.8 Å². The highest BCUT2D eigenvalue weighted by Crippen LogP contribution is 2.36. The molecule has 1 amide bonds. The highest BCUT2D eigenvalue weighted by atomic mass is 16.6. The van der Waals surface area contributed by atoms with Gasteiger partial charge in [0.25, 0.3) is 5.91 Å². The second-order valence-electron chi connectivity index (χ2n) is 7.94. The molecule has 1 unspecified atom stereocenters. The number of amides is 1. The number of benzene rings is 1. The lowest BCUT2D eigenvalue weighted by Crippen LogP contribution is -2.39. The lowest BCUT2D eigenvalue weighted by Gasteiger charge is -2.26. The highest BCUT2D eigenvalue weighted by Gasteiger charge is 2.36. The van der Waals surface area contributed by atoms with Gasteiger partial charge in [-0.05, 0) is 49.4 Å². The maximum atomic E-state index is 13.1. The highest BCUT2D eigenvalue weighted by molar-refractivity contribution is 5.95. The van der Waals surface area contributed by atoms with Crippen LogP contribution in [0.3, 0.4) is 0 Å². The predicted octanol–water partition coefficient (Wildman–Crippen LogP) is 3.72. The van der Waals surface area contributed by atoms with Crippen LogP contribution in [0.25, 0.3) is 0 Å². The van der Waals surface area contributed by atoms with Crippen LogP contribution >= 0.6 is 0 Å². The third kappa shape index (κ3) is 3.63. The SMILES string of the molecule is Cc1cc(C2COc3ccccc3O2)oc(=O)c1C(=O)N(CC(C)C)C1CC1. The van der Waals surface area contributed by atoms with Gasteiger partial charge in [-0.25, -0.2) is 4.79 Å². The number of aryl methyl sites for hydroxylation is 1. The quantitative estimate of drug-likeness (QED) is 0.787. The second-order valence-corrected chi connectivity index (χ2v) is 7.94. The molecule has 148 valence electrons. The summed E-state index contributed by atoms with van der Waals surface area (Å²) >= 11 is 0. The maximum absolute atomic E-state index is 13.1. The standard InChI is InChI=1S/C22H25NO5/c1-13(2)11-23(15-8-9-15)21(24)20-14(3)10-18(28-22(20)25)19-12-26-16-6-4-5-7-17(16)27-19/h4-7,10,13,15,19H,8-9,11-12H2,1-3H3. The Kier molecular flexibility index (Phi) is 4.87. The van der Waals surface area contributed by atoms with Gasteiger partial charge < -0.3 is 18.8 Å². The molecular weight excluding hydrogens is 358 g/mol. The number of carbonyl (C=O) groups is 1. The van der Waals surface area contributed by atoms with E-state index in [4.69, 9.17) is 13.9 Å². The Morgan fingerprint density at radius 3 is 2.57 bits per heavy atom. The number of para-hydroxylation sites is 2. The van der Waals surface area contributed by atoms with E-state index in [0.717, 1.165) is 12.8 Å². The second kappa shape index (κ2) is 7.34. The molecule has 1 saturated carbocycles. The van der Waals surface area contributed by atoms with Gasteiger partial charge in [-0.2, -0.15) is 0 Å². The first kappa shape index (κ1) is 18.6. The molecule has 2 aromatic rings. The minimum atomic E-state index is -0.614. The monoisotopic (exact) mass is 383 g/mol. The van der Waals surface area contributed by atoms with Crippen LogP contribution in [-0.4, -0.2) is 30.0 Å². The van der Waals surface area contributed by atoms with E-state index < -0.39 is 11.7 Å². The van der Waals surface area contributed by atoms with E-state index in [0.29, 0.717) is 35.3 Å². The molecule has 6 nitrogen and oxygen atoms in total. The summed E-state index contributed by atoms with van der Waals surface area (Å²) in [5.74, 6) is 1.74. The Bertz CT molecular complexity index is 944. The van der Waals surface area contributed by atoms with Crippen LogP contribution in [0.1, 0.15) is 54.5 Å². The summed E-state index contributed by atoms with van der Waals surface area (Å²) in [6, 6.07) is 9.32. The van der Waals surface area contributed by atoms with E-state index in [9.17, 15) is 9.59 Å². The molecule has 0 saturated heterocycles. The zero-order valence-corrected chi connectivity index (χ0v) is 16.4. The van der Waals surface area contributed by atoms with E-state index in [-0.39, 0.29) is 24.1 Å². The fourth-order valence-corrected chi connectivity index (χ4v) is 3.53. The minimum absolute atomic E-state index is 0.119. The number of ether oxygens (including phenoxy) is 2. The van der Waals surface area contributed by atoms with E-state index in [1.54, 1.807) is 13.0 Å². The third-order valence-corrected chi connectivity index (χ3v) is 5.02. The molecule has 1 atom stereocenters. The van der Waals surface area contributed by atoms with E-state index in [2.05, 4.69) is 13.8 Å². The van der Waals surface area contributed by atoms with Gasteiger partial charge in [0.05, 0.1) is 0 Å². The summed E-state index contributed by atoms with van der Waals surface area (Å²) < 4.78 is 17.1. The van der Waals surface area contributed by atoms with Crippen LogP contribution in [0.4, 0.5) is 0 Å². The van der Waals surface area contributed by atoms with Crippen LogP contribution in [0.15, 0.2) is 39.5 Å². The van der Waals surface area contributed by atoms with Crippen molar-refractivity contribution in [3.8, 4) is 11.5 Å². The van der Waals surface area contributed by atoms with Gasteiger partial charge in [0, 0.05) is 12.6 Å². The predicted molar refractivity (Wildman–Crippen MR) is 104 cm³/mol. The third-order valence-electron chi connectivity index (χ3n) is 5.02. The van der Waals surface area contributed by atoms with Gasteiger partial charge in [-0.15, -0.1) is 0 Å². The van der Waals surface area contributed by atoms with Crippen LogP contribution in [0, 0.1) is 12.8 Å². The summed E-state index contributed by atoms with van der Waals surface area (Å²) in [6.45, 7) is 6.79. The Balaban J connectivity index is 1.60. The van der Waals surface area contributed by atoms with Gasteiger partial charge in [-0.3, -0.25) is 4.79 Å². The van der Waals surface area contributed by atoms with Crippen molar-refractivity contribution in [1.82, 2.24) is 4.90 Å². The Labute approximate surface area is 164 Å². The fraction of sp³-hybridized carbons (Fsp3) is 0.455. The molecule has 0 spiro atoms. The number of nitrogens with zero attached hydrogens (tertiary/aromatic N) is 1. The van der Waals surface area contributed by atoms with Crippen molar-refractivity contribution < 1.29 is 18.7 Å². The molecule has 6 heteroatoms. The normalized spacial score (nSPS) is 18.2. The molecule has 1 aromatic carbocycles. The summed E-state index contributed by atoms with van der Waals surface area (Å²) in [5, 5.41) is 0. The molecule has 0 N–H and O–H groups in total. The van der Waals surface area contributed by atoms with Crippen LogP contribution < -0.4 is 15.1 Å². The van der Waals surface area contributed by atoms with E-state index >= 15 is 0 Å². The van der Waals surface area contributed by atoms with Crippen LogP contribution in [-0.2, 0) is 0 Å². The Hall–Kier alpha value is -2.76. The molecule has 2 heterocycles. The molecular formula is C22H25NO5. The molecule has 0 bridgehead atoms. The zero-order valence-electron chi connectivity index (χ0n) is 16.4. The summed E-state index contributed by atoms with van der Waals surface area (Å²) in [5.41, 5.74) is 0.110.